The number of aromatic nitrogens is 1. The van der Waals surface area contributed by atoms with Crippen LogP contribution in [0.2, 0.25) is 5.15 Å². The number of guanidine groups is 1. The maximum Gasteiger partial charge on any atom is 0.191 e. The number of halogens is 1. The summed E-state index contributed by atoms with van der Waals surface area (Å²) in [6.45, 7) is 9.20. The van der Waals surface area contributed by atoms with Crippen molar-refractivity contribution in [2.45, 2.75) is 45.6 Å². The molecular weight excluding hydrogens is 322 g/mol. The molecule has 0 aromatic carbocycles. The minimum Gasteiger partial charge on any atom is -0.357 e. The molecule has 2 rings (SSSR count). The van der Waals surface area contributed by atoms with Gasteiger partial charge >= 0.3 is 0 Å². The fourth-order valence-electron chi connectivity index (χ4n) is 3.00. The summed E-state index contributed by atoms with van der Waals surface area (Å²) in [5, 5.41) is 7.24. The number of nitrogens with zero attached hydrogens (tertiary/aromatic N) is 3. The van der Waals surface area contributed by atoms with E-state index in [2.05, 4.69) is 34.4 Å². The predicted molar refractivity (Wildman–Crippen MR) is 102 cm³/mol. The van der Waals surface area contributed by atoms with Gasteiger partial charge in [0, 0.05) is 31.9 Å². The van der Waals surface area contributed by atoms with Gasteiger partial charge < -0.3 is 10.6 Å². The normalized spacial score (nSPS) is 19.3. The number of hydrogen-bond donors (Lipinski definition) is 2. The third-order valence-corrected chi connectivity index (χ3v) is 4.66. The summed E-state index contributed by atoms with van der Waals surface area (Å²) in [7, 11) is 0. The molecule has 1 fully saturated rings. The summed E-state index contributed by atoms with van der Waals surface area (Å²) < 4.78 is 0. The van der Waals surface area contributed by atoms with E-state index in [0.717, 1.165) is 38.6 Å². The number of pyridine rings is 1. The first kappa shape index (κ1) is 19.0. The van der Waals surface area contributed by atoms with Gasteiger partial charge in [-0.2, -0.15) is 0 Å². The third kappa shape index (κ3) is 6.65. The summed E-state index contributed by atoms with van der Waals surface area (Å²) in [6, 6.07) is 4.54. The Balaban J connectivity index is 1.74. The Morgan fingerprint density at radius 2 is 2.25 bits per heavy atom. The van der Waals surface area contributed by atoms with Crippen molar-refractivity contribution in [3.05, 3.63) is 29.0 Å². The molecule has 2 heterocycles. The van der Waals surface area contributed by atoms with Gasteiger partial charge in [-0.15, -0.1) is 0 Å². The molecule has 2 N–H and O–H groups in total. The van der Waals surface area contributed by atoms with Crippen LogP contribution < -0.4 is 10.6 Å². The van der Waals surface area contributed by atoms with Crippen LogP contribution in [-0.2, 0) is 6.42 Å². The standard InChI is InChI=1S/C18H30ClN5/c1-3-20-18(21-10-9-16-7-8-17(19)23-14-16)22-11-13-24-12-5-4-6-15(24)2/h7-8,14-15H,3-6,9-13H2,1-2H3,(H2,20,21,22). The van der Waals surface area contributed by atoms with Crippen LogP contribution in [0.5, 0.6) is 0 Å². The maximum atomic E-state index is 5.81. The highest BCUT2D eigenvalue weighted by Crippen LogP contribution is 2.15. The van der Waals surface area contributed by atoms with Gasteiger partial charge in [0.15, 0.2) is 5.96 Å². The Morgan fingerprint density at radius 1 is 1.38 bits per heavy atom. The zero-order valence-electron chi connectivity index (χ0n) is 14.9. The van der Waals surface area contributed by atoms with E-state index in [1.54, 1.807) is 0 Å². The van der Waals surface area contributed by atoms with Crippen LogP contribution in [0.3, 0.4) is 0 Å². The number of hydrogen-bond acceptors (Lipinski definition) is 3. The van der Waals surface area contributed by atoms with Crippen LogP contribution in [0.25, 0.3) is 0 Å². The number of aliphatic imine (C=N–C) groups is 1. The highest BCUT2D eigenvalue weighted by atomic mass is 35.5. The van der Waals surface area contributed by atoms with E-state index in [1.807, 2.05) is 18.3 Å². The Labute approximate surface area is 150 Å². The smallest absolute Gasteiger partial charge is 0.191 e. The van der Waals surface area contributed by atoms with Crippen molar-refractivity contribution in [3.8, 4) is 0 Å². The van der Waals surface area contributed by atoms with Gasteiger partial charge in [-0.05, 0) is 51.3 Å². The van der Waals surface area contributed by atoms with Gasteiger partial charge in [0.2, 0.25) is 0 Å². The summed E-state index contributed by atoms with van der Waals surface area (Å²) in [4.78, 5) is 11.4. The summed E-state index contributed by atoms with van der Waals surface area (Å²) in [5.74, 6) is 0.893. The van der Waals surface area contributed by atoms with Crippen molar-refractivity contribution in [1.29, 1.82) is 0 Å². The summed E-state index contributed by atoms with van der Waals surface area (Å²) in [5.41, 5.74) is 1.17. The third-order valence-electron chi connectivity index (χ3n) is 4.44. The van der Waals surface area contributed by atoms with Crippen molar-refractivity contribution in [3.63, 3.8) is 0 Å². The minimum absolute atomic E-state index is 0.536. The molecule has 1 aromatic rings. The topological polar surface area (TPSA) is 52.6 Å². The molecule has 1 aromatic heterocycles. The van der Waals surface area contributed by atoms with Crippen molar-refractivity contribution < 1.29 is 0 Å². The molecular formula is C18H30ClN5. The maximum absolute atomic E-state index is 5.81. The average Bonchev–Trinajstić information content (AvgIpc) is 2.58. The van der Waals surface area contributed by atoms with E-state index in [9.17, 15) is 0 Å². The zero-order chi connectivity index (χ0) is 17.2. The SMILES string of the molecule is CCNC(=NCCN1CCCCC1C)NCCc1ccc(Cl)nc1. The Kier molecular flexibility index (Phi) is 8.33. The van der Waals surface area contributed by atoms with Gasteiger partial charge in [-0.25, -0.2) is 4.98 Å². The molecule has 0 spiro atoms. The molecule has 0 bridgehead atoms. The molecule has 1 aliphatic heterocycles. The van der Waals surface area contributed by atoms with Crippen LogP contribution in [0.1, 0.15) is 38.7 Å². The van der Waals surface area contributed by atoms with Crippen LogP contribution in [0.15, 0.2) is 23.3 Å². The molecule has 24 heavy (non-hydrogen) atoms. The van der Waals surface area contributed by atoms with Crippen LogP contribution in [0, 0.1) is 0 Å². The van der Waals surface area contributed by atoms with Gasteiger partial charge in [0.05, 0.1) is 6.54 Å². The van der Waals surface area contributed by atoms with Crippen molar-refractivity contribution in [2.24, 2.45) is 4.99 Å². The van der Waals surface area contributed by atoms with Gasteiger partial charge in [-0.3, -0.25) is 9.89 Å². The first-order valence-corrected chi connectivity index (χ1v) is 9.43. The second-order valence-corrected chi connectivity index (χ2v) is 6.69. The molecule has 5 nitrogen and oxygen atoms in total. The molecule has 6 heteroatoms. The summed E-state index contributed by atoms with van der Waals surface area (Å²) >= 11 is 5.81. The number of likely N-dealkylation sites (tertiary alicyclic amines) is 1. The van der Waals surface area contributed by atoms with Crippen molar-refractivity contribution >= 4 is 17.6 Å². The average molecular weight is 352 g/mol. The summed E-state index contributed by atoms with van der Waals surface area (Å²) in [6.07, 6.45) is 6.73. The molecule has 0 amide bonds. The van der Waals surface area contributed by atoms with Gasteiger partial charge in [-0.1, -0.05) is 24.1 Å². The van der Waals surface area contributed by atoms with Gasteiger partial charge in [0.25, 0.3) is 0 Å². The quantitative estimate of drug-likeness (QED) is 0.450. The van der Waals surface area contributed by atoms with Crippen molar-refractivity contribution in [1.82, 2.24) is 20.5 Å². The van der Waals surface area contributed by atoms with E-state index in [4.69, 9.17) is 16.6 Å². The molecule has 1 aliphatic rings. The van der Waals surface area contributed by atoms with Crippen LogP contribution >= 0.6 is 11.6 Å². The fraction of sp³-hybridized carbons (Fsp3) is 0.667. The predicted octanol–water partition coefficient (Wildman–Crippen LogP) is 2.71. The van der Waals surface area contributed by atoms with E-state index in [-0.39, 0.29) is 0 Å². The lowest BCUT2D eigenvalue weighted by atomic mass is 10.0. The van der Waals surface area contributed by atoms with E-state index in [1.165, 1.54) is 31.4 Å². The lowest BCUT2D eigenvalue weighted by Gasteiger charge is -2.32. The van der Waals surface area contributed by atoms with Crippen molar-refractivity contribution in [2.75, 3.05) is 32.7 Å². The van der Waals surface area contributed by atoms with E-state index < -0.39 is 0 Å². The number of nitrogens with one attached hydrogen (secondary N) is 2. The first-order chi connectivity index (χ1) is 11.7. The van der Waals surface area contributed by atoms with Gasteiger partial charge in [0.1, 0.15) is 5.15 Å². The minimum atomic E-state index is 0.536. The second-order valence-electron chi connectivity index (χ2n) is 6.31. The number of piperidine rings is 1. The number of rotatable bonds is 7. The Bertz CT molecular complexity index is 503. The highest BCUT2D eigenvalue weighted by Gasteiger charge is 2.17. The van der Waals surface area contributed by atoms with Crippen LogP contribution in [-0.4, -0.2) is 54.6 Å². The Hall–Kier alpha value is -1.33. The fourth-order valence-corrected chi connectivity index (χ4v) is 3.11. The molecule has 1 unspecified atom stereocenters. The molecule has 134 valence electrons. The first-order valence-electron chi connectivity index (χ1n) is 9.05. The monoisotopic (exact) mass is 351 g/mol. The molecule has 0 aliphatic carbocycles. The zero-order valence-corrected chi connectivity index (χ0v) is 15.6. The highest BCUT2D eigenvalue weighted by molar-refractivity contribution is 6.29. The van der Waals surface area contributed by atoms with Crippen LogP contribution in [0.4, 0.5) is 0 Å². The Morgan fingerprint density at radius 3 is 2.96 bits per heavy atom. The second kappa shape index (κ2) is 10.5. The lowest BCUT2D eigenvalue weighted by molar-refractivity contribution is 0.166. The lowest BCUT2D eigenvalue weighted by Crippen LogP contribution is -2.41. The largest absolute Gasteiger partial charge is 0.357 e. The van der Waals surface area contributed by atoms with E-state index >= 15 is 0 Å². The van der Waals surface area contributed by atoms with E-state index in [0.29, 0.717) is 11.2 Å². The molecule has 1 atom stereocenters. The molecule has 1 saturated heterocycles. The molecule has 0 saturated carbocycles. The molecule has 0 radical (unpaired) electrons.